The maximum absolute atomic E-state index is 13.4. The molecule has 0 bridgehead atoms. The average molecular weight is 410 g/mol. The van der Waals surface area contributed by atoms with Gasteiger partial charge >= 0.3 is 10.0 Å². The molecule has 0 spiro atoms. The van der Waals surface area contributed by atoms with Crippen molar-refractivity contribution in [2.45, 2.75) is 24.3 Å². The monoisotopic (exact) mass is 410 g/mol. The lowest BCUT2D eigenvalue weighted by Crippen LogP contribution is -2.34. The number of benzene rings is 2. The van der Waals surface area contributed by atoms with E-state index >= 15 is 0 Å². The minimum atomic E-state index is -3.87. The molecule has 0 saturated heterocycles. The van der Waals surface area contributed by atoms with Crippen molar-refractivity contribution < 1.29 is 21.7 Å². The van der Waals surface area contributed by atoms with Crippen LogP contribution in [0.3, 0.4) is 0 Å². The largest absolute Gasteiger partial charge is 0.467 e. The van der Waals surface area contributed by atoms with Gasteiger partial charge in [0, 0.05) is 11.0 Å². The first-order valence-corrected chi connectivity index (χ1v) is 10.5. The Morgan fingerprint density at radius 1 is 1.07 bits per heavy atom. The molecule has 4 rings (SSSR count). The highest BCUT2D eigenvalue weighted by molar-refractivity contribution is 7.85. The maximum Gasteiger partial charge on any atom is 0.421 e. The van der Waals surface area contributed by atoms with E-state index in [9.17, 15) is 13.2 Å². The van der Waals surface area contributed by atoms with Gasteiger partial charge in [-0.1, -0.05) is 30.3 Å². The Labute approximate surface area is 168 Å². The van der Waals surface area contributed by atoms with Crippen molar-refractivity contribution in [1.82, 2.24) is 5.43 Å². The number of anilines is 1. The van der Waals surface area contributed by atoms with Crippen LogP contribution in [0.15, 0.2) is 82.3 Å². The molecule has 1 atom stereocenters. The van der Waals surface area contributed by atoms with Crippen LogP contribution >= 0.6 is 0 Å². The van der Waals surface area contributed by atoms with Crippen molar-refractivity contribution in [1.29, 1.82) is 0 Å². The molecule has 2 aromatic carbocycles. The summed E-state index contributed by atoms with van der Waals surface area (Å²) in [4.78, 5) is 11.8. The van der Waals surface area contributed by atoms with Crippen LogP contribution < -0.4 is 10.7 Å². The molecule has 0 fully saturated rings. The summed E-state index contributed by atoms with van der Waals surface area (Å²) in [5.41, 5.74) is 4.77. The second kappa shape index (κ2) is 7.56. The average Bonchev–Trinajstić information content (AvgIpc) is 3.39. The molecule has 29 heavy (non-hydrogen) atoms. The summed E-state index contributed by atoms with van der Waals surface area (Å²) < 4.78 is 33.5. The number of sulfonamides is 1. The molecule has 8 heteroatoms. The Morgan fingerprint density at radius 2 is 1.79 bits per heavy atom. The van der Waals surface area contributed by atoms with Gasteiger partial charge in [-0.05, 0) is 36.4 Å². The Kier molecular flexibility index (Phi) is 4.94. The molecule has 1 aromatic heterocycles. The Balaban J connectivity index is 1.87. The lowest BCUT2D eigenvalue weighted by Gasteiger charge is -2.08. The third kappa shape index (κ3) is 3.66. The molecule has 148 valence electrons. The molecule has 7 nitrogen and oxygen atoms in total. The number of hydrazine groups is 1. The van der Waals surface area contributed by atoms with Gasteiger partial charge in [0.25, 0.3) is 0 Å². The number of hydrogen-bond donors (Lipinski definition) is 2. The van der Waals surface area contributed by atoms with Gasteiger partial charge in [0.15, 0.2) is 0 Å². The van der Waals surface area contributed by atoms with Gasteiger partial charge in [0.05, 0.1) is 23.9 Å². The predicted octanol–water partition coefficient (Wildman–Crippen LogP) is 3.08. The predicted molar refractivity (Wildman–Crippen MR) is 108 cm³/mol. The summed E-state index contributed by atoms with van der Waals surface area (Å²) in [5.74, 6) is 0.398. The quantitative estimate of drug-likeness (QED) is 0.631. The maximum atomic E-state index is 13.4. The summed E-state index contributed by atoms with van der Waals surface area (Å²) in [5, 5.41) is 2.78. The summed E-state index contributed by atoms with van der Waals surface area (Å²) in [6.07, 6.45) is 1.92. The zero-order chi connectivity index (χ0) is 20.4. The number of para-hydroxylation sites is 1. The van der Waals surface area contributed by atoms with Gasteiger partial charge in [-0.2, -0.15) is 13.8 Å². The summed E-state index contributed by atoms with van der Waals surface area (Å²) >= 11 is 0. The highest BCUT2D eigenvalue weighted by Crippen LogP contribution is 2.30. The van der Waals surface area contributed by atoms with Crippen molar-refractivity contribution in [2.24, 2.45) is 0 Å². The van der Waals surface area contributed by atoms with Gasteiger partial charge in [0.2, 0.25) is 11.6 Å². The normalized spacial score (nSPS) is 16.5. The number of carbonyl (C=O) groups excluding carboxylic acids is 1. The molecule has 2 heterocycles. The van der Waals surface area contributed by atoms with Crippen molar-refractivity contribution in [3.8, 4) is 0 Å². The molecule has 0 saturated carbocycles. The second-order valence-corrected chi connectivity index (χ2v) is 8.44. The number of nitrogens with one attached hydrogen (secondary N) is 2. The molecule has 1 amide bonds. The van der Waals surface area contributed by atoms with Crippen molar-refractivity contribution in [3.05, 3.63) is 84.3 Å². The fourth-order valence-corrected chi connectivity index (χ4v) is 4.80. The van der Waals surface area contributed by atoms with Crippen LogP contribution in [0.25, 0.3) is 0 Å². The molecule has 0 radical (unpaired) electrons. The van der Waals surface area contributed by atoms with Crippen LogP contribution in [0.1, 0.15) is 30.7 Å². The summed E-state index contributed by atoms with van der Waals surface area (Å²) in [6, 6.07) is 18.6. The molecular formula is C21H20N3O4S+. The molecule has 0 aliphatic carbocycles. The molecule has 1 aliphatic rings. The fraction of sp³-hybridized carbons (Fsp3) is 0.143. The third-order valence-electron chi connectivity index (χ3n) is 4.63. The van der Waals surface area contributed by atoms with Crippen LogP contribution in [0.4, 0.5) is 5.69 Å². The number of furan rings is 1. The number of amides is 1. The SMILES string of the molecule is CC(=O)Nc1ccccc1C1=[N+](S(=O)(=O)c2ccccc2)NC(c2ccco2)C1. The van der Waals surface area contributed by atoms with Crippen LogP contribution in [0.5, 0.6) is 0 Å². The highest BCUT2D eigenvalue weighted by atomic mass is 32.2. The molecule has 1 aliphatic heterocycles. The Bertz CT molecular complexity index is 1170. The standard InChI is InChI=1S/C21H19N3O4S/c1-15(25)22-18-11-6-5-10-17(18)20-14-19(21-12-7-13-28-21)23-24(20)29(26,27)16-8-3-2-4-9-16/h2-13,19,23H,14H2,1H3/p+1. The first-order chi connectivity index (χ1) is 14.0. The lowest BCUT2D eigenvalue weighted by atomic mass is 10.0. The summed E-state index contributed by atoms with van der Waals surface area (Å²) in [7, 11) is -3.87. The number of carbonyl (C=O) groups is 1. The van der Waals surface area contributed by atoms with E-state index in [1.165, 1.54) is 11.0 Å². The highest BCUT2D eigenvalue weighted by Gasteiger charge is 2.43. The van der Waals surface area contributed by atoms with Crippen LogP contribution in [0, 0.1) is 0 Å². The van der Waals surface area contributed by atoms with Crippen LogP contribution in [-0.2, 0) is 14.8 Å². The van der Waals surface area contributed by atoms with E-state index in [4.69, 9.17) is 4.42 Å². The van der Waals surface area contributed by atoms with Crippen LogP contribution in [-0.4, -0.2) is 24.1 Å². The van der Waals surface area contributed by atoms with E-state index in [0.717, 1.165) is 0 Å². The zero-order valence-corrected chi connectivity index (χ0v) is 16.5. The first kappa shape index (κ1) is 18.9. The topological polar surface area (TPSA) is 91.4 Å². The minimum Gasteiger partial charge on any atom is -0.467 e. The lowest BCUT2D eigenvalue weighted by molar-refractivity contribution is -0.434. The minimum absolute atomic E-state index is 0.169. The van der Waals surface area contributed by atoms with Crippen LogP contribution in [0.2, 0.25) is 0 Å². The van der Waals surface area contributed by atoms with Gasteiger partial charge in [-0.25, -0.2) is 0 Å². The van der Waals surface area contributed by atoms with E-state index in [1.807, 2.05) is 0 Å². The Morgan fingerprint density at radius 3 is 2.48 bits per heavy atom. The first-order valence-electron chi connectivity index (χ1n) is 9.09. The van der Waals surface area contributed by atoms with E-state index in [1.54, 1.807) is 73.0 Å². The van der Waals surface area contributed by atoms with Crippen molar-refractivity contribution >= 4 is 27.3 Å². The van der Waals surface area contributed by atoms with Crippen molar-refractivity contribution in [2.75, 3.05) is 5.32 Å². The van der Waals surface area contributed by atoms with Gasteiger partial charge in [-0.15, -0.1) is 0 Å². The fourth-order valence-electron chi connectivity index (χ4n) is 3.36. The third-order valence-corrected chi connectivity index (χ3v) is 6.31. The molecule has 2 N–H and O–H groups in total. The zero-order valence-electron chi connectivity index (χ0n) is 15.7. The van der Waals surface area contributed by atoms with Gasteiger partial charge in [0.1, 0.15) is 16.7 Å². The van der Waals surface area contributed by atoms with E-state index < -0.39 is 10.0 Å². The number of nitrogens with zero attached hydrogens (tertiary/aromatic N) is 1. The summed E-state index contributed by atoms with van der Waals surface area (Å²) in [6.45, 7) is 1.42. The smallest absolute Gasteiger partial charge is 0.421 e. The van der Waals surface area contributed by atoms with E-state index in [0.29, 0.717) is 29.1 Å². The van der Waals surface area contributed by atoms with Gasteiger partial charge < -0.3 is 9.73 Å². The Hall–Kier alpha value is -3.39. The van der Waals surface area contributed by atoms with Crippen molar-refractivity contribution in [3.63, 3.8) is 0 Å². The number of rotatable bonds is 5. The van der Waals surface area contributed by atoms with Gasteiger partial charge in [-0.3, -0.25) is 4.79 Å². The molecule has 3 aromatic rings. The number of hydrazone groups is 1. The molecular weight excluding hydrogens is 390 g/mol. The van der Waals surface area contributed by atoms with E-state index in [2.05, 4.69) is 10.7 Å². The molecule has 1 unspecified atom stereocenters. The second-order valence-electron chi connectivity index (χ2n) is 6.66. The number of hydrogen-bond acceptors (Lipinski definition) is 5. The van der Waals surface area contributed by atoms with E-state index in [-0.39, 0.29) is 16.8 Å².